The fourth-order valence-electron chi connectivity index (χ4n) is 2.88. The van der Waals surface area contributed by atoms with Gasteiger partial charge in [-0.1, -0.05) is 32.6 Å². The van der Waals surface area contributed by atoms with Crippen LogP contribution in [0.1, 0.15) is 51.9 Å². The molecule has 0 bridgehead atoms. The lowest BCUT2D eigenvalue weighted by Gasteiger charge is -2.37. The van der Waals surface area contributed by atoms with Crippen molar-refractivity contribution in [2.24, 2.45) is 5.41 Å². The number of hydrogen-bond donors (Lipinski definition) is 1. The number of hydrogen-bond acceptors (Lipinski definition) is 2. The smallest absolute Gasteiger partial charge is 0.0587 e. The fraction of sp³-hybridized carbons (Fsp3) is 1.00. The highest BCUT2D eigenvalue weighted by Gasteiger charge is 2.30. The summed E-state index contributed by atoms with van der Waals surface area (Å²) in [5.74, 6) is 0. The van der Waals surface area contributed by atoms with Gasteiger partial charge in [0, 0.05) is 20.2 Å². The van der Waals surface area contributed by atoms with Crippen molar-refractivity contribution in [3.8, 4) is 0 Å². The van der Waals surface area contributed by atoms with E-state index in [1.165, 1.54) is 51.5 Å². The van der Waals surface area contributed by atoms with Crippen LogP contribution >= 0.6 is 0 Å². The third kappa shape index (κ3) is 4.52. The molecule has 0 atom stereocenters. The van der Waals surface area contributed by atoms with Crippen LogP contribution in [0.25, 0.3) is 0 Å². The Kier molecular flexibility index (Phi) is 6.26. The van der Waals surface area contributed by atoms with Gasteiger partial charge in [-0.15, -0.1) is 0 Å². The van der Waals surface area contributed by atoms with Crippen LogP contribution in [0, 0.1) is 5.41 Å². The molecule has 2 nitrogen and oxygen atoms in total. The lowest BCUT2D eigenvalue weighted by Crippen LogP contribution is -2.37. The zero-order valence-electron chi connectivity index (χ0n) is 10.5. The molecule has 0 radical (unpaired) electrons. The molecule has 0 aromatic carbocycles. The Labute approximate surface area is 94.8 Å². The number of methoxy groups -OCH3 is 1. The topological polar surface area (TPSA) is 21.3 Å². The van der Waals surface area contributed by atoms with Gasteiger partial charge in [0.2, 0.25) is 0 Å². The van der Waals surface area contributed by atoms with Crippen molar-refractivity contribution in [3.05, 3.63) is 0 Å². The molecule has 0 spiro atoms. The fourth-order valence-corrected chi connectivity index (χ4v) is 2.88. The zero-order valence-corrected chi connectivity index (χ0v) is 10.5. The van der Waals surface area contributed by atoms with E-state index in [-0.39, 0.29) is 0 Å². The van der Waals surface area contributed by atoms with E-state index >= 15 is 0 Å². The first kappa shape index (κ1) is 13.0. The Morgan fingerprint density at radius 1 is 1.20 bits per heavy atom. The molecule has 0 aromatic rings. The molecule has 1 aliphatic carbocycles. The van der Waals surface area contributed by atoms with Crippen LogP contribution in [0.5, 0.6) is 0 Å². The van der Waals surface area contributed by atoms with E-state index in [1.807, 2.05) is 0 Å². The molecule has 2 heteroatoms. The maximum absolute atomic E-state index is 5.06. The third-order valence-electron chi connectivity index (χ3n) is 3.68. The Morgan fingerprint density at radius 3 is 2.53 bits per heavy atom. The number of ether oxygens (including phenoxy) is 1. The van der Waals surface area contributed by atoms with Crippen LogP contribution in [-0.4, -0.2) is 26.8 Å². The molecule has 0 aromatic heterocycles. The largest absolute Gasteiger partial charge is 0.383 e. The quantitative estimate of drug-likeness (QED) is 0.656. The summed E-state index contributed by atoms with van der Waals surface area (Å²) in [7, 11) is 1.77. The molecular weight excluding hydrogens is 186 g/mol. The van der Waals surface area contributed by atoms with Gasteiger partial charge in [-0.2, -0.15) is 0 Å². The molecule has 0 aliphatic heterocycles. The molecule has 0 amide bonds. The first-order valence-electron chi connectivity index (χ1n) is 6.53. The standard InChI is InChI=1S/C13H27NO/c1-3-7-13(8-5-4-6-9-13)12-14-10-11-15-2/h14H,3-12H2,1-2H3. The van der Waals surface area contributed by atoms with Crippen molar-refractivity contribution in [2.45, 2.75) is 51.9 Å². The summed E-state index contributed by atoms with van der Waals surface area (Å²) in [5, 5.41) is 3.56. The zero-order chi connectivity index (χ0) is 11.0. The van der Waals surface area contributed by atoms with Crippen LogP contribution in [0.3, 0.4) is 0 Å². The third-order valence-corrected chi connectivity index (χ3v) is 3.68. The highest BCUT2D eigenvalue weighted by atomic mass is 16.5. The first-order valence-corrected chi connectivity index (χ1v) is 6.53. The van der Waals surface area contributed by atoms with E-state index in [9.17, 15) is 0 Å². The number of nitrogens with one attached hydrogen (secondary N) is 1. The van der Waals surface area contributed by atoms with Gasteiger partial charge in [-0.05, 0) is 24.7 Å². The molecule has 90 valence electrons. The first-order chi connectivity index (χ1) is 7.33. The highest BCUT2D eigenvalue weighted by Crippen LogP contribution is 2.39. The molecule has 1 N–H and O–H groups in total. The summed E-state index contributed by atoms with van der Waals surface area (Å²) in [4.78, 5) is 0. The van der Waals surface area contributed by atoms with Gasteiger partial charge in [0.15, 0.2) is 0 Å². The van der Waals surface area contributed by atoms with Gasteiger partial charge >= 0.3 is 0 Å². The average Bonchev–Trinajstić information content (AvgIpc) is 2.26. The van der Waals surface area contributed by atoms with Crippen LogP contribution in [-0.2, 0) is 4.74 Å². The van der Waals surface area contributed by atoms with Gasteiger partial charge in [-0.25, -0.2) is 0 Å². The van der Waals surface area contributed by atoms with Gasteiger partial charge in [0.25, 0.3) is 0 Å². The number of rotatable bonds is 7. The molecule has 0 unspecified atom stereocenters. The lowest BCUT2D eigenvalue weighted by molar-refractivity contribution is 0.152. The van der Waals surface area contributed by atoms with E-state index in [0.717, 1.165) is 13.2 Å². The maximum atomic E-state index is 5.06. The van der Waals surface area contributed by atoms with Crippen LogP contribution in [0.15, 0.2) is 0 Å². The summed E-state index contributed by atoms with van der Waals surface area (Å²) < 4.78 is 5.06. The Balaban J connectivity index is 2.28. The molecule has 0 saturated heterocycles. The van der Waals surface area contributed by atoms with E-state index in [2.05, 4.69) is 12.2 Å². The monoisotopic (exact) mass is 213 g/mol. The van der Waals surface area contributed by atoms with Crippen molar-refractivity contribution in [3.63, 3.8) is 0 Å². The average molecular weight is 213 g/mol. The Bertz CT molecular complexity index is 147. The highest BCUT2D eigenvalue weighted by molar-refractivity contribution is 4.84. The molecule has 0 heterocycles. The minimum absolute atomic E-state index is 0.612. The van der Waals surface area contributed by atoms with Gasteiger partial charge in [-0.3, -0.25) is 0 Å². The predicted molar refractivity (Wildman–Crippen MR) is 65.2 cm³/mol. The summed E-state index contributed by atoms with van der Waals surface area (Å²) in [5.41, 5.74) is 0.612. The van der Waals surface area contributed by atoms with Crippen molar-refractivity contribution < 1.29 is 4.74 Å². The van der Waals surface area contributed by atoms with Crippen molar-refractivity contribution in [1.82, 2.24) is 5.32 Å². The lowest BCUT2D eigenvalue weighted by atomic mass is 9.71. The summed E-state index contributed by atoms with van der Waals surface area (Å²) in [6.07, 6.45) is 9.90. The Morgan fingerprint density at radius 2 is 1.93 bits per heavy atom. The second-order valence-electron chi connectivity index (χ2n) is 4.98. The summed E-state index contributed by atoms with van der Waals surface area (Å²) >= 11 is 0. The van der Waals surface area contributed by atoms with Crippen LogP contribution < -0.4 is 5.32 Å². The normalized spacial score (nSPS) is 20.4. The maximum Gasteiger partial charge on any atom is 0.0587 e. The molecular formula is C13H27NO. The van der Waals surface area contributed by atoms with E-state index < -0.39 is 0 Å². The van der Waals surface area contributed by atoms with Crippen molar-refractivity contribution in [2.75, 3.05) is 26.8 Å². The van der Waals surface area contributed by atoms with Crippen molar-refractivity contribution in [1.29, 1.82) is 0 Å². The second kappa shape index (κ2) is 7.24. The summed E-state index contributed by atoms with van der Waals surface area (Å²) in [6.45, 7) is 5.35. The molecule has 15 heavy (non-hydrogen) atoms. The second-order valence-corrected chi connectivity index (χ2v) is 4.98. The van der Waals surface area contributed by atoms with Gasteiger partial charge in [0.05, 0.1) is 6.61 Å². The molecule has 1 fully saturated rings. The summed E-state index contributed by atoms with van der Waals surface area (Å²) in [6, 6.07) is 0. The van der Waals surface area contributed by atoms with E-state index in [1.54, 1.807) is 7.11 Å². The van der Waals surface area contributed by atoms with E-state index in [4.69, 9.17) is 4.74 Å². The molecule has 1 aliphatic rings. The SMILES string of the molecule is CCCC1(CNCCOC)CCCCC1. The van der Waals surface area contributed by atoms with E-state index in [0.29, 0.717) is 5.41 Å². The molecule has 1 saturated carbocycles. The van der Waals surface area contributed by atoms with Crippen molar-refractivity contribution >= 4 is 0 Å². The Hall–Kier alpha value is -0.0800. The predicted octanol–water partition coefficient (Wildman–Crippen LogP) is 2.97. The molecule has 1 rings (SSSR count). The minimum atomic E-state index is 0.612. The van der Waals surface area contributed by atoms with Gasteiger partial charge in [0.1, 0.15) is 0 Å². The van der Waals surface area contributed by atoms with Crippen LogP contribution in [0.2, 0.25) is 0 Å². The van der Waals surface area contributed by atoms with Crippen LogP contribution in [0.4, 0.5) is 0 Å². The van der Waals surface area contributed by atoms with Gasteiger partial charge < -0.3 is 10.1 Å². The minimum Gasteiger partial charge on any atom is -0.383 e.